The first kappa shape index (κ1) is 15.4. The molecular weight excluding hydrogens is 292 g/mol. The van der Waals surface area contributed by atoms with Crippen LogP contribution < -0.4 is 10.5 Å². The van der Waals surface area contributed by atoms with E-state index >= 15 is 0 Å². The predicted molar refractivity (Wildman–Crippen MR) is 85.0 cm³/mol. The van der Waals surface area contributed by atoms with Gasteiger partial charge in [-0.05, 0) is 18.4 Å². The average molecular weight is 312 g/mol. The molecule has 4 nitrogen and oxygen atoms in total. The quantitative estimate of drug-likeness (QED) is 0.817. The fraction of sp³-hybridized carbons (Fsp3) is 0.500. The summed E-state index contributed by atoms with van der Waals surface area (Å²) in [5.74, 6) is -0.0724. The Morgan fingerprint density at radius 2 is 1.90 bits per heavy atom. The molecule has 1 fully saturated rings. The van der Waals surface area contributed by atoms with Crippen LogP contribution in [0.3, 0.4) is 0 Å². The van der Waals surface area contributed by atoms with Gasteiger partial charge in [0.2, 0.25) is 10.0 Å². The van der Waals surface area contributed by atoms with Gasteiger partial charge in [0.1, 0.15) is 4.99 Å². The lowest BCUT2D eigenvalue weighted by Gasteiger charge is -2.22. The Morgan fingerprint density at radius 1 is 1.25 bits per heavy atom. The van der Waals surface area contributed by atoms with Gasteiger partial charge in [0.05, 0.1) is 5.75 Å². The Morgan fingerprint density at radius 3 is 2.55 bits per heavy atom. The molecule has 1 aromatic rings. The van der Waals surface area contributed by atoms with Crippen LogP contribution in [0.2, 0.25) is 0 Å². The van der Waals surface area contributed by atoms with Crippen molar-refractivity contribution in [1.29, 1.82) is 0 Å². The van der Waals surface area contributed by atoms with E-state index in [1.54, 1.807) is 24.3 Å². The summed E-state index contributed by atoms with van der Waals surface area (Å²) in [6.45, 7) is 0. The van der Waals surface area contributed by atoms with E-state index in [2.05, 4.69) is 4.72 Å². The first-order chi connectivity index (χ1) is 9.48. The highest BCUT2D eigenvalue weighted by molar-refractivity contribution is 7.88. The van der Waals surface area contributed by atoms with Crippen LogP contribution >= 0.6 is 12.2 Å². The number of nitrogens with one attached hydrogen (secondary N) is 1. The minimum absolute atomic E-state index is 0.0724. The third-order valence-electron chi connectivity index (χ3n) is 3.58. The summed E-state index contributed by atoms with van der Waals surface area (Å²) in [7, 11) is -3.36. The summed E-state index contributed by atoms with van der Waals surface area (Å²) in [6, 6.07) is 7.19. The number of hydrogen-bond donors (Lipinski definition) is 2. The monoisotopic (exact) mass is 312 g/mol. The van der Waals surface area contributed by atoms with Crippen LogP contribution in [0.5, 0.6) is 0 Å². The summed E-state index contributed by atoms with van der Waals surface area (Å²) in [4.78, 5) is 0.230. The van der Waals surface area contributed by atoms with E-state index in [1.807, 2.05) is 0 Å². The molecule has 3 N–H and O–H groups in total. The predicted octanol–water partition coefficient (Wildman–Crippen LogP) is 2.07. The number of hydrogen-bond acceptors (Lipinski definition) is 3. The van der Waals surface area contributed by atoms with Crippen molar-refractivity contribution in [1.82, 2.24) is 4.72 Å². The van der Waals surface area contributed by atoms with E-state index in [9.17, 15) is 8.42 Å². The fourth-order valence-electron chi connectivity index (χ4n) is 2.61. The zero-order valence-corrected chi connectivity index (χ0v) is 13.0. The third kappa shape index (κ3) is 4.26. The summed E-state index contributed by atoms with van der Waals surface area (Å²) < 4.78 is 27.3. The van der Waals surface area contributed by atoms with Crippen LogP contribution in [0.4, 0.5) is 0 Å². The molecule has 0 spiro atoms. The van der Waals surface area contributed by atoms with E-state index in [0.717, 1.165) is 25.7 Å². The van der Waals surface area contributed by atoms with Crippen molar-refractivity contribution in [2.75, 3.05) is 0 Å². The molecule has 0 aliphatic heterocycles. The zero-order valence-electron chi connectivity index (χ0n) is 11.3. The van der Waals surface area contributed by atoms with Crippen molar-refractivity contribution < 1.29 is 8.42 Å². The van der Waals surface area contributed by atoms with E-state index in [-0.39, 0.29) is 16.8 Å². The Kier molecular flexibility index (Phi) is 5.12. The van der Waals surface area contributed by atoms with Gasteiger partial charge in [-0.25, -0.2) is 13.1 Å². The molecule has 1 aliphatic carbocycles. The lowest BCUT2D eigenvalue weighted by Crippen LogP contribution is -2.37. The van der Waals surface area contributed by atoms with Crippen molar-refractivity contribution in [2.45, 2.75) is 43.9 Å². The number of nitrogens with two attached hydrogens (primary N) is 1. The maximum atomic E-state index is 12.2. The van der Waals surface area contributed by atoms with Crippen LogP contribution in [-0.2, 0) is 15.8 Å². The van der Waals surface area contributed by atoms with Gasteiger partial charge in [0.25, 0.3) is 0 Å². The van der Waals surface area contributed by atoms with Crippen LogP contribution in [0, 0.1) is 0 Å². The molecule has 2 rings (SSSR count). The number of rotatable bonds is 5. The van der Waals surface area contributed by atoms with Gasteiger partial charge in [-0.3, -0.25) is 0 Å². The number of benzene rings is 1. The molecule has 0 unspecified atom stereocenters. The first-order valence-electron chi connectivity index (χ1n) is 6.86. The van der Waals surface area contributed by atoms with Crippen molar-refractivity contribution in [3.8, 4) is 0 Å². The number of sulfonamides is 1. The summed E-state index contributed by atoms with van der Waals surface area (Å²) in [5.41, 5.74) is 6.93. The van der Waals surface area contributed by atoms with Crippen LogP contribution in [0.25, 0.3) is 0 Å². The smallest absolute Gasteiger partial charge is 0.216 e. The van der Waals surface area contributed by atoms with Crippen molar-refractivity contribution in [2.24, 2.45) is 5.73 Å². The van der Waals surface area contributed by atoms with Crippen LogP contribution in [0.1, 0.15) is 43.2 Å². The molecule has 0 radical (unpaired) electrons. The van der Waals surface area contributed by atoms with E-state index in [1.165, 1.54) is 6.42 Å². The lowest BCUT2D eigenvalue weighted by atomic mass is 9.96. The molecule has 0 amide bonds. The Bertz CT molecular complexity index is 579. The second kappa shape index (κ2) is 6.65. The SMILES string of the molecule is NC(=S)c1ccccc1CS(=O)(=O)NC1CCCCC1. The Hall–Kier alpha value is -0.980. The van der Waals surface area contributed by atoms with Crippen molar-refractivity contribution in [3.63, 3.8) is 0 Å². The molecule has 1 aromatic carbocycles. The third-order valence-corrected chi connectivity index (χ3v) is 5.18. The van der Waals surface area contributed by atoms with E-state index < -0.39 is 10.0 Å². The van der Waals surface area contributed by atoms with Crippen molar-refractivity contribution >= 4 is 27.2 Å². The van der Waals surface area contributed by atoms with Gasteiger partial charge in [-0.15, -0.1) is 0 Å². The molecule has 0 atom stereocenters. The minimum Gasteiger partial charge on any atom is -0.389 e. The molecular formula is C14H20N2O2S2. The van der Waals surface area contributed by atoms with Crippen LogP contribution in [-0.4, -0.2) is 19.4 Å². The second-order valence-corrected chi connectivity index (χ2v) is 7.43. The highest BCUT2D eigenvalue weighted by Crippen LogP contribution is 2.19. The highest BCUT2D eigenvalue weighted by Gasteiger charge is 2.21. The Balaban J connectivity index is 2.10. The fourth-order valence-corrected chi connectivity index (χ4v) is 4.29. The molecule has 0 bridgehead atoms. The maximum absolute atomic E-state index is 12.2. The maximum Gasteiger partial charge on any atom is 0.216 e. The molecule has 110 valence electrons. The lowest BCUT2D eigenvalue weighted by molar-refractivity contribution is 0.412. The average Bonchev–Trinajstić information content (AvgIpc) is 2.39. The molecule has 1 aliphatic rings. The van der Waals surface area contributed by atoms with Gasteiger partial charge in [0, 0.05) is 11.6 Å². The normalized spacial score (nSPS) is 17.0. The topological polar surface area (TPSA) is 72.2 Å². The summed E-state index contributed by atoms with van der Waals surface area (Å²) >= 11 is 4.96. The molecule has 0 aromatic heterocycles. The first-order valence-corrected chi connectivity index (χ1v) is 8.92. The van der Waals surface area contributed by atoms with Gasteiger partial charge in [-0.2, -0.15) is 0 Å². The largest absolute Gasteiger partial charge is 0.389 e. The van der Waals surface area contributed by atoms with Crippen LogP contribution in [0.15, 0.2) is 24.3 Å². The second-order valence-electron chi connectivity index (χ2n) is 5.23. The number of thiocarbonyl (C=S) groups is 1. The molecule has 0 saturated heterocycles. The summed E-state index contributed by atoms with van der Waals surface area (Å²) in [5, 5.41) is 0. The van der Waals surface area contributed by atoms with Gasteiger partial charge >= 0.3 is 0 Å². The van der Waals surface area contributed by atoms with E-state index in [0.29, 0.717) is 11.1 Å². The van der Waals surface area contributed by atoms with Gasteiger partial charge in [-0.1, -0.05) is 55.7 Å². The minimum atomic E-state index is -3.36. The zero-order chi connectivity index (χ0) is 14.6. The highest BCUT2D eigenvalue weighted by atomic mass is 32.2. The van der Waals surface area contributed by atoms with Gasteiger partial charge in [0.15, 0.2) is 0 Å². The summed E-state index contributed by atoms with van der Waals surface area (Å²) in [6.07, 6.45) is 5.24. The molecule has 0 heterocycles. The molecule has 20 heavy (non-hydrogen) atoms. The van der Waals surface area contributed by atoms with Gasteiger partial charge < -0.3 is 5.73 Å². The molecule has 6 heteroatoms. The molecule has 1 saturated carbocycles. The van der Waals surface area contributed by atoms with E-state index in [4.69, 9.17) is 18.0 Å². The Labute approximate surface area is 125 Å². The standard InChI is InChI=1S/C14H20N2O2S2/c15-14(19)13-9-5-4-6-11(13)10-20(17,18)16-12-7-2-1-3-8-12/h4-6,9,12,16H,1-3,7-8,10H2,(H2,15,19). The van der Waals surface area contributed by atoms with Crippen molar-refractivity contribution in [3.05, 3.63) is 35.4 Å².